The molecule has 1 aromatic carbocycles. The van der Waals surface area contributed by atoms with Gasteiger partial charge in [0.2, 0.25) is 0 Å². The number of carbonyl (C=O) groups is 1. The minimum Gasteiger partial charge on any atom is -0.346 e. The summed E-state index contributed by atoms with van der Waals surface area (Å²) >= 11 is 0. The molecule has 6 nitrogen and oxygen atoms in total. The molecule has 0 unspecified atom stereocenters. The van der Waals surface area contributed by atoms with Crippen LogP contribution < -0.4 is 10.2 Å². The molecule has 0 aliphatic heterocycles. The second kappa shape index (κ2) is 5.24. The van der Waals surface area contributed by atoms with Gasteiger partial charge >= 0.3 is 6.03 Å². The maximum atomic E-state index is 12.4. The third-order valence-corrected chi connectivity index (χ3v) is 3.34. The molecule has 2 amide bonds. The van der Waals surface area contributed by atoms with Crippen LogP contribution in [0.25, 0.3) is 11.0 Å². The van der Waals surface area contributed by atoms with Gasteiger partial charge in [-0.05, 0) is 24.6 Å². The highest BCUT2D eigenvalue weighted by molar-refractivity contribution is 6.05. The lowest BCUT2D eigenvalue weighted by Gasteiger charge is -2.18. The van der Waals surface area contributed by atoms with Gasteiger partial charge in [-0.25, -0.2) is 14.8 Å². The Morgan fingerprint density at radius 2 is 2.05 bits per heavy atom. The first-order valence-electron chi connectivity index (χ1n) is 6.55. The van der Waals surface area contributed by atoms with E-state index < -0.39 is 0 Å². The van der Waals surface area contributed by atoms with E-state index >= 15 is 0 Å². The predicted octanol–water partition coefficient (Wildman–Crippen LogP) is 2.93. The van der Waals surface area contributed by atoms with Crippen molar-refractivity contribution in [3.05, 3.63) is 48.4 Å². The molecule has 2 N–H and O–H groups in total. The minimum absolute atomic E-state index is 0.245. The summed E-state index contributed by atoms with van der Waals surface area (Å²) in [6.45, 7) is 1.95. The average molecular weight is 281 g/mol. The molecule has 0 radical (unpaired) electrons. The van der Waals surface area contributed by atoms with Crippen LogP contribution in [-0.4, -0.2) is 28.0 Å². The van der Waals surface area contributed by atoms with Crippen molar-refractivity contribution in [2.45, 2.75) is 6.92 Å². The van der Waals surface area contributed by atoms with Gasteiger partial charge in [0.1, 0.15) is 17.8 Å². The number of aromatic nitrogens is 3. The highest BCUT2D eigenvalue weighted by Gasteiger charge is 2.16. The molecule has 0 aliphatic rings. The smallest absolute Gasteiger partial charge is 0.327 e. The Morgan fingerprint density at radius 3 is 2.86 bits per heavy atom. The van der Waals surface area contributed by atoms with Crippen LogP contribution in [0.1, 0.15) is 5.56 Å². The topological polar surface area (TPSA) is 73.9 Å². The number of benzene rings is 1. The zero-order valence-corrected chi connectivity index (χ0v) is 11.8. The molecule has 6 heteroatoms. The maximum absolute atomic E-state index is 12.4. The summed E-state index contributed by atoms with van der Waals surface area (Å²) in [6.07, 6.45) is 3.21. The first-order chi connectivity index (χ1) is 10.2. The molecule has 0 fully saturated rings. The van der Waals surface area contributed by atoms with Crippen molar-refractivity contribution in [2.75, 3.05) is 17.3 Å². The SMILES string of the molecule is Cc1ccccc1NC(=O)N(C)c1ncnc2[nH]ccc12. The van der Waals surface area contributed by atoms with E-state index in [0.717, 1.165) is 16.6 Å². The third kappa shape index (κ3) is 2.43. The zero-order chi connectivity index (χ0) is 14.8. The highest BCUT2D eigenvalue weighted by atomic mass is 16.2. The molecule has 3 aromatic rings. The highest BCUT2D eigenvalue weighted by Crippen LogP contribution is 2.22. The average Bonchev–Trinajstić information content (AvgIpc) is 2.97. The fourth-order valence-corrected chi connectivity index (χ4v) is 2.13. The van der Waals surface area contributed by atoms with Gasteiger partial charge in [0.25, 0.3) is 0 Å². The number of nitrogens with zero attached hydrogens (tertiary/aromatic N) is 3. The van der Waals surface area contributed by atoms with Crippen molar-refractivity contribution >= 4 is 28.6 Å². The number of H-pyrrole nitrogens is 1. The van der Waals surface area contributed by atoms with E-state index in [9.17, 15) is 4.79 Å². The summed E-state index contributed by atoms with van der Waals surface area (Å²) < 4.78 is 0. The number of aromatic amines is 1. The summed E-state index contributed by atoms with van der Waals surface area (Å²) in [6, 6.07) is 9.24. The maximum Gasteiger partial charge on any atom is 0.327 e. The van der Waals surface area contributed by atoms with Gasteiger partial charge in [0, 0.05) is 18.9 Å². The number of urea groups is 1. The van der Waals surface area contributed by atoms with Crippen LogP contribution in [-0.2, 0) is 0 Å². The van der Waals surface area contributed by atoms with Gasteiger partial charge in [-0.2, -0.15) is 0 Å². The number of hydrogen-bond acceptors (Lipinski definition) is 3. The molecule has 0 saturated carbocycles. The molecule has 2 aromatic heterocycles. The number of aryl methyl sites for hydroxylation is 1. The molecule has 0 spiro atoms. The van der Waals surface area contributed by atoms with E-state index in [1.165, 1.54) is 11.2 Å². The van der Waals surface area contributed by atoms with Crippen molar-refractivity contribution < 1.29 is 4.79 Å². The summed E-state index contributed by atoms with van der Waals surface area (Å²) in [4.78, 5) is 25.2. The summed E-state index contributed by atoms with van der Waals surface area (Å²) in [5, 5.41) is 3.69. The van der Waals surface area contributed by atoms with E-state index in [2.05, 4.69) is 20.3 Å². The zero-order valence-electron chi connectivity index (χ0n) is 11.8. The van der Waals surface area contributed by atoms with Crippen molar-refractivity contribution in [3.8, 4) is 0 Å². The summed E-state index contributed by atoms with van der Waals surface area (Å²) in [5.74, 6) is 0.562. The van der Waals surface area contributed by atoms with Crippen molar-refractivity contribution in [3.63, 3.8) is 0 Å². The molecule has 0 aliphatic carbocycles. The number of rotatable bonds is 2. The standard InChI is InChI=1S/C15H15N5O/c1-10-5-3-4-6-12(10)19-15(21)20(2)14-11-7-8-16-13(11)17-9-18-14/h3-9H,1-2H3,(H,19,21)(H,16,17,18). The molecular formula is C15H15N5O. The lowest BCUT2D eigenvalue weighted by Crippen LogP contribution is -2.32. The van der Waals surface area contributed by atoms with Crippen LogP contribution in [0.15, 0.2) is 42.9 Å². The molecule has 2 heterocycles. The monoisotopic (exact) mass is 281 g/mol. The molecule has 106 valence electrons. The van der Waals surface area contributed by atoms with Gasteiger partial charge < -0.3 is 10.3 Å². The normalized spacial score (nSPS) is 10.6. The number of hydrogen-bond donors (Lipinski definition) is 2. The van der Waals surface area contributed by atoms with Crippen LogP contribution >= 0.6 is 0 Å². The number of fused-ring (bicyclic) bond motifs is 1. The third-order valence-electron chi connectivity index (χ3n) is 3.34. The van der Waals surface area contributed by atoms with E-state index in [1.807, 2.05) is 37.3 Å². The summed E-state index contributed by atoms with van der Waals surface area (Å²) in [7, 11) is 1.68. The fourth-order valence-electron chi connectivity index (χ4n) is 2.13. The molecule has 0 saturated heterocycles. The Labute approximate surface area is 121 Å². The van der Waals surface area contributed by atoms with Gasteiger partial charge in [0.15, 0.2) is 0 Å². The van der Waals surface area contributed by atoms with Crippen molar-refractivity contribution in [1.29, 1.82) is 0 Å². The van der Waals surface area contributed by atoms with Gasteiger partial charge in [-0.15, -0.1) is 0 Å². The van der Waals surface area contributed by atoms with Crippen LogP contribution in [0.2, 0.25) is 0 Å². The van der Waals surface area contributed by atoms with E-state index in [1.54, 1.807) is 13.2 Å². The largest absolute Gasteiger partial charge is 0.346 e. The second-order valence-electron chi connectivity index (χ2n) is 4.74. The lowest BCUT2D eigenvalue weighted by molar-refractivity contribution is 0.258. The first kappa shape index (κ1) is 13.1. The Bertz CT molecular complexity index is 795. The fraction of sp³-hybridized carbons (Fsp3) is 0.133. The lowest BCUT2D eigenvalue weighted by atomic mass is 10.2. The Kier molecular flexibility index (Phi) is 3.27. The van der Waals surface area contributed by atoms with Gasteiger partial charge in [-0.3, -0.25) is 4.90 Å². The Hall–Kier alpha value is -2.89. The molecule has 0 bridgehead atoms. The number of amides is 2. The molecule has 21 heavy (non-hydrogen) atoms. The van der Waals surface area contributed by atoms with Crippen LogP contribution in [0.5, 0.6) is 0 Å². The Balaban J connectivity index is 1.88. The van der Waals surface area contributed by atoms with Crippen molar-refractivity contribution in [1.82, 2.24) is 15.0 Å². The van der Waals surface area contributed by atoms with E-state index in [0.29, 0.717) is 11.5 Å². The number of anilines is 2. The number of para-hydroxylation sites is 1. The first-order valence-corrected chi connectivity index (χ1v) is 6.55. The molecular weight excluding hydrogens is 266 g/mol. The van der Waals surface area contributed by atoms with Crippen molar-refractivity contribution in [2.24, 2.45) is 0 Å². The quantitative estimate of drug-likeness (QED) is 0.758. The van der Waals surface area contributed by atoms with Crippen LogP contribution in [0, 0.1) is 6.92 Å². The minimum atomic E-state index is -0.245. The molecule has 3 rings (SSSR count). The number of carbonyl (C=O) groups excluding carboxylic acids is 1. The number of nitrogens with one attached hydrogen (secondary N) is 2. The van der Waals surface area contributed by atoms with E-state index in [-0.39, 0.29) is 6.03 Å². The Morgan fingerprint density at radius 1 is 1.24 bits per heavy atom. The van der Waals surface area contributed by atoms with E-state index in [4.69, 9.17) is 0 Å². The van der Waals surface area contributed by atoms with Crippen LogP contribution in [0.4, 0.5) is 16.3 Å². The predicted molar refractivity (Wildman–Crippen MR) is 82.5 cm³/mol. The van der Waals surface area contributed by atoms with Gasteiger partial charge in [-0.1, -0.05) is 18.2 Å². The second-order valence-corrected chi connectivity index (χ2v) is 4.74. The van der Waals surface area contributed by atoms with Crippen LogP contribution in [0.3, 0.4) is 0 Å². The summed E-state index contributed by atoms with van der Waals surface area (Å²) in [5.41, 5.74) is 2.50. The molecule has 0 atom stereocenters. The van der Waals surface area contributed by atoms with Gasteiger partial charge in [0.05, 0.1) is 5.39 Å².